The van der Waals surface area contributed by atoms with Crippen molar-refractivity contribution >= 4 is 5.78 Å². The summed E-state index contributed by atoms with van der Waals surface area (Å²) in [6, 6.07) is 7.83. The van der Waals surface area contributed by atoms with Gasteiger partial charge >= 0.3 is 0 Å². The molecular formula is C11H10O2. The van der Waals surface area contributed by atoms with Gasteiger partial charge in [0.1, 0.15) is 0 Å². The van der Waals surface area contributed by atoms with Gasteiger partial charge in [0.25, 0.3) is 0 Å². The van der Waals surface area contributed by atoms with E-state index in [0.717, 1.165) is 18.4 Å². The molecule has 13 heavy (non-hydrogen) atoms. The molecular weight excluding hydrogens is 164 g/mol. The van der Waals surface area contributed by atoms with E-state index < -0.39 is 5.60 Å². The molecule has 2 aliphatic rings. The van der Waals surface area contributed by atoms with Crippen LogP contribution in [0.2, 0.25) is 0 Å². The molecule has 1 spiro atoms. The fourth-order valence-corrected chi connectivity index (χ4v) is 2.02. The molecule has 0 bridgehead atoms. The van der Waals surface area contributed by atoms with Gasteiger partial charge in [-0.3, -0.25) is 4.79 Å². The minimum absolute atomic E-state index is 0.189. The van der Waals surface area contributed by atoms with Gasteiger partial charge in [-0.25, -0.2) is 0 Å². The molecule has 2 heteroatoms. The lowest BCUT2D eigenvalue weighted by atomic mass is 9.83. The molecule has 66 valence electrons. The van der Waals surface area contributed by atoms with Gasteiger partial charge in [-0.15, -0.1) is 0 Å². The Kier molecular flexibility index (Phi) is 1.23. The Morgan fingerprint density at radius 1 is 1.31 bits per heavy atom. The fourth-order valence-electron chi connectivity index (χ4n) is 2.02. The summed E-state index contributed by atoms with van der Waals surface area (Å²) in [6.45, 7) is 0.625. The number of ketones is 1. The molecule has 0 radical (unpaired) electrons. The number of aryl methyl sites for hydroxylation is 1. The Morgan fingerprint density at radius 2 is 2.08 bits per heavy atom. The van der Waals surface area contributed by atoms with Crippen LogP contribution in [0.5, 0.6) is 0 Å². The summed E-state index contributed by atoms with van der Waals surface area (Å²) in [5.74, 6) is 0.189. The number of hydrogen-bond donors (Lipinski definition) is 0. The number of fused-ring (bicyclic) bond motifs is 1. The maximum Gasteiger partial charge on any atom is 0.197 e. The van der Waals surface area contributed by atoms with Gasteiger partial charge in [0.2, 0.25) is 0 Å². The largest absolute Gasteiger partial charge is 0.361 e. The SMILES string of the molecule is O=C1c2ccccc2CCC12CO2. The molecule has 1 unspecified atom stereocenters. The highest BCUT2D eigenvalue weighted by Gasteiger charge is 2.53. The molecule has 2 nitrogen and oxygen atoms in total. The van der Waals surface area contributed by atoms with Crippen LogP contribution in [0.1, 0.15) is 22.3 Å². The van der Waals surface area contributed by atoms with Crippen molar-refractivity contribution in [3.8, 4) is 0 Å². The van der Waals surface area contributed by atoms with E-state index in [4.69, 9.17) is 4.74 Å². The fraction of sp³-hybridized carbons (Fsp3) is 0.364. The number of benzene rings is 1. The smallest absolute Gasteiger partial charge is 0.197 e. The van der Waals surface area contributed by atoms with Gasteiger partial charge in [-0.05, 0) is 18.4 Å². The van der Waals surface area contributed by atoms with Crippen LogP contribution in [0.15, 0.2) is 24.3 Å². The van der Waals surface area contributed by atoms with Crippen molar-refractivity contribution in [3.63, 3.8) is 0 Å². The second-order valence-electron chi connectivity index (χ2n) is 3.77. The van der Waals surface area contributed by atoms with Crippen molar-refractivity contribution in [3.05, 3.63) is 35.4 Å². The van der Waals surface area contributed by atoms with Crippen LogP contribution in [0, 0.1) is 0 Å². The molecule has 0 N–H and O–H groups in total. The molecule has 1 atom stereocenters. The van der Waals surface area contributed by atoms with Crippen molar-refractivity contribution in [2.24, 2.45) is 0 Å². The Labute approximate surface area is 76.5 Å². The minimum Gasteiger partial charge on any atom is -0.361 e. The van der Waals surface area contributed by atoms with Gasteiger partial charge in [-0.1, -0.05) is 24.3 Å². The van der Waals surface area contributed by atoms with E-state index in [1.165, 1.54) is 5.56 Å². The van der Waals surface area contributed by atoms with E-state index in [1.54, 1.807) is 0 Å². The summed E-state index contributed by atoms with van der Waals surface area (Å²) in [5.41, 5.74) is 1.63. The maximum atomic E-state index is 11.9. The van der Waals surface area contributed by atoms with Crippen molar-refractivity contribution in [2.45, 2.75) is 18.4 Å². The lowest BCUT2D eigenvalue weighted by Gasteiger charge is -2.19. The molecule has 0 amide bonds. The number of hydrogen-bond acceptors (Lipinski definition) is 2. The molecule has 0 aromatic heterocycles. The lowest BCUT2D eigenvalue weighted by Crippen LogP contribution is -2.30. The zero-order valence-corrected chi connectivity index (χ0v) is 7.25. The number of ether oxygens (including phenoxy) is 1. The van der Waals surface area contributed by atoms with Crippen LogP contribution in [-0.2, 0) is 11.2 Å². The molecule has 0 saturated carbocycles. The third-order valence-electron chi connectivity index (χ3n) is 2.97. The van der Waals surface area contributed by atoms with Crippen LogP contribution < -0.4 is 0 Å². The second-order valence-corrected chi connectivity index (χ2v) is 3.77. The van der Waals surface area contributed by atoms with E-state index >= 15 is 0 Å². The number of Topliss-reactive ketones (excluding diaryl/α,β-unsaturated/α-hetero) is 1. The molecule has 1 aromatic carbocycles. The first-order valence-electron chi connectivity index (χ1n) is 4.58. The van der Waals surface area contributed by atoms with Crippen LogP contribution in [0.25, 0.3) is 0 Å². The van der Waals surface area contributed by atoms with Crippen LogP contribution in [0.4, 0.5) is 0 Å². The Hall–Kier alpha value is -1.15. The number of carbonyl (C=O) groups excluding carboxylic acids is 1. The average molecular weight is 174 g/mol. The molecule has 3 rings (SSSR count). The first-order chi connectivity index (χ1) is 6.32. The quantitative estimate of drug-likeness (QED) is 0.559. The highest BCUT2D eigenvalue weighted by Crippen LogP contribution is 2.40. The van der Waals surface area contributed by atoms with Gasteiger partial charge in [0.15, 0.2) is 11.4 Å². The van der Waals surface area contributed by atoms with Gasteiger partial charge in [0.05, 0.1) is 6.61 Å². The molecule has 1 aromatic rings. The highest BCUT2D eigenvalue weighted by atomic mass is 16.6. The standard InChI is InChI=1S/C11H10O2/c12-10-9-4-2-1-3-8(9)5-6-11(10)7-13-11/h1-4H,5-7H2. The molecule has 1 aliphatic heterocycles. The van der Waals surface area contributed by atoms with Crippen LogP contribution in [-0.4, -0.2) is 18.0 Å². The zero-order chi connectivity index (χ0) is 8.89. The molecule has 1 fully saturated rings. The topological polar surface area (TPSA) is 29.6 Å². The first-order valence-corrected chi connectivity index (χ1v) is 4.58. The predicted octanol–water partition coefficient (Wildman–Crippen LogP) is 1.58. The summed E-state index contributed by atoms with van der Waals surface area (Å²) < 4.78 is 5.26. The summed E-state index contributed by atoms with van der Waals surface area (Å²) in [7, 11) is 0. The van der Waals surface area contributed by atoms with Crippen LogP contribution >= 0.6 is 0 Å². The Morgan fingerprint density at radius 3 is 2.85 bits per heavy atom. The Balaban J connectivity index is 2.13. The van der Waals surface area contributed by atoms with Crippen molar-refractivity contribution in [1.29, 1.82) is 0 Å². The predicted molar refractivity (Wildman–Crippen MR) is 47.8 cm³/mol. The highest BCUT2D eigenvalue weighted by molar-refractivity contribution is 6.06. The van der Waals surface area contributed by atoms with Gasteiger partial charge in [0, 0.05) is 5.56 Å². The third kappa shape index (κ3) is 0.893. The third-order valence-corrected chi connectivity index (χ3v) is 2.97. The van der Waals surface area contributed by atoms with Crippen LogP contribution in [0.3, 0.4) is 0 Å². The molecule has 1 heterocycles. The summed E-state index contributed by atoms with van der Waals surface area (Å²) in [6.07, 6.45) is 1.84. The van der Waals surface area contributed by atoms with E-state index in [-0.39, 0.29) is 5.78 Å². The number of carbonyl (C=O) groups is 1. The maximum absolute atomic E-state index is 11.9. The average Bonchev–Trinajstić information content (AvgIpc) is 2.94. The van der Waals surface area contributed by atoms with Crippen molar-refractivity contribution in [1.82, 2.24) is 0 Å². The Bertz CT molecular complexity index is 377. The number of rotatable bonds is 0. The van der Waals surface area contributed by atoms with Crippen molar-refractivity contribution < 1.29 is 9.53 Å². The second kappa shape index (κ2) is 2.20. The minimum atomic E-state index is -0.408. The van der Waals surface area contributed by atoms with Gasteiger partial charge < -0.3 is 4.74 Å². The summed E-state index contributed by atoms with van der Waals surface area (Å²) in [5, 5.41) is 0. The van der Waals surface area contributed by atoms with Crippen molar-refractivity contribution in [2.75, 3.05) is 6.61 Å². The number of epoxide rings is 1. The van der Waals surface area contributed by atoms with E-state index in [1.807, 2.05) is 24.3 Å². The lowest BCUT2D eigenvalue weighted by molar-refractivity contribution is 0.0850. The molecule has 1 saturated heterocycles. The van der Waals surface area contributed by atoms with Gasteiger partial charge in [-0.2, -0.15) is 0 Å². The van der Waals surface area contributed by atoms with E-state index in [0.29, 0.717) is 6.61 Å². The summed E-state index contributed by atoms with van der Waals surface area (Å²) >= 11 is 0. The van der Waals surface area contributed by atoms with E-state index in [2.05, 4.69) is 0 Å². The molecule has 1 aliphatic carbocycles. The monoisotopic (exact) mass is 174 g/mol. The normalized spacial score (nSPS) is 30.3. The van der Waals surface area contributed by atoms with E-state index in [9.17, 15) is 4.79 Å². The first kappa shape index (κ1) is 7.27. The summed E-state index contributed by atoms with van der Waals surface area (Å²) in [4.78, 5) is 11.9. The zero-order valence-electron chi connectivity index (χ0n) is 7.25.